The Hall–Kier alpha value is -0.220. The van der Waals surface area contributed by atoms with Gasteiger partial charge in [0.05, 0.1) is 6.04 Å². The number of amides is 1. The van der Waals surface area contributed by atoms with Crippen LogP contribution in [0.15, 0.2) is 0 Å². The lowest BCUT2D eigenvalue weighted by molar-refractivity contribution is -0.122. The minimum Gasteiger partial charge on any atom is -0.352 e. The van der Waals surface area contributed by atoms with Crippen LogP contribution in [0.2, 0.25) is 0 Å². The van der Waals surface area contributed by atoms with E-state index in [1.165, 1.54) is 0 Å². The maximum absolute atomic E-state index is 10.9. The smallest absolute Gasteiger partial charge is 0.237 e. The first-order valence-electron chi connectivity index (χ1n) is 3.41. The average Bonchev–Trinajstić information content (AvgIpc) is 2.70. The second kappa shape index (κ2) is 3.25. The summed E-state index contributed by atoms with van der Waals surface area (Å²) in [4.78, 5) is 10.9. The molecular formula is C6H12N2OS. The highest BCUT2D eigenvalue weighted by atomic mass is 32.1. The molecule has 0 aromatic carbocycles. The standard InChI is InChI=1S/C6H12N2OS/c7-5(3-10)6(9)8-4-1-2-4/h4-5,10H,1-3,7H2,(H,8,9). The zero-order chi connectivity index (χ0) is 7.56. The lowest BCUT2D eigenvalue weighted by Gasteiger charge is -2.07. The van der Waals surface area contributed by atoms with E-state index in [9.17, 15) is 4.79 Å². The Morgan fingerprint density at radius 3 is 2.80 bits per heavy atom. The molecule has 0 radical (unpaired) electrons. The van der Waals surface area contributed by atoms with E-state index < -0.39 is 6.04 Å². The number of hydrogen-bond acceptors (Lipinski definition) is 3. The van der Waals surface area contributed by atoms with Gasteiger partial charge in [0.2, 0.25) is 5.91 Å². The Morgan fingerprint density at radius 2 is 2.40 bits per heavy atom. The summed E-state index contributed by atoms with van der Waals surface area (Å²) >= 11 is 3.91. The topological polar surface area (TPSA) is 55.1 Å². The highest BCUT2D eigenvalue weighted by molar-refractivity contribution is 7.80. The van der Waals surface area contributed by atoms with Gasteiger partial charge in [-0.25, -0.2) is 0 Å². The quantitative estimate of drug-likeness (QED) is 0.488. The van der Waals surface area contributed by atoms with Gasteiger partial charge in [-0.05, 0) is 12.8 Å². The Morgan fingerprint density at radius 1 is 1.80 bits per heavy atom. The number of carbonyl (C=O) groups is 1. The first-order chi connectivity index (χ1) is 4.74. The summed E-state index contributed by atoms with van der Waals surface area (Å²) in [7, 11) is 0. The van der Waals surface area contributed by atoms with E-state index >= 15 is 0 Å². The van der Waals surface area contributed by atoms with E-state index in [0.29, 0.717) is 11.8 Å². The van der Waals surface area contributed by atoms with Gasteiger partial charge in [0.25, 0.3) is 0 Å². The van der Waals surface area contributed by atoms with Gasteiger partial charge >= 0.3 is 0 Å². The zero-order valence-corrected chi connectivity index (χ0v) is 6.60. The summed E-state index contributed by atoms with van der Waals surface area (Å²) in [6, 6.07) is -0.0395. The second-order valence-corrected chi connectivity index (χ2v) is 2.94. The molecular weight excluding hydrogens is 148 g/mol. The van der Waals surface area contributed by atoms with Crippen molar-refractivity contribution < 1.29 is 4.79 Å². The Bertz CT molecular complexity index is 136. The fraction of sp³-hybridized carbons (Fsp3) is 0.833. The Balaban J connectivity index is 2.18. The van der Waals surface area contributed by atoms with Gasteiger partial charge in [-0.2, -0.15) is 12.6 Å². The summed E-state index contributed by atoms with van der Waals surface area (Å²) in [5, 5.41) is 2.79. The molecule has 3 N–H and O–H groups in total. The zero-order valence-electron chi connectivity index (χ0n) is 5.71. The van der Waals surface area contributed by atoms with Crippen LogP contribution in [0.25, 0.3) is 0 Å². The van der Waals surface area contributed by atoms with Crippen molar-refractivity contribution in [3.8, 4) is 0 Å². The first-order valence-corrected chi connectivity index (χ1v) is 4.04. The van der Waals surface area contributed by atoms with Gasteiger partial charge in [-0.3, -0.25) is 4.79 Å². The molecule has 1 amide bonds. The van der Waals surface area contributed by atoms with E-state index in [0.717, 1.165) is 12.8 Å². The first kappa shape index (κ1) is 7.88. The van der Waals surface area contributed by atoms with E-state index in [1.54, 1.807) is 0 Å². The molecule has 0 aromatic heterocycles. The molecule has 1 atom stereocenters. The molecule has 4 heteroatoms. The number of rotatable bonds is 3. The Labute approximate surface area is 65.8 Å². The van der Waals surface area contributed by atoms with Gasteiger partial charge in [0.15, 0.2) is 0 Å². The van der Waals surface area contributed by atoms with Crippen molar-refractivity contribution in [2.45, 2.75) is 24.9 Å². The predicted octanol–water partition coefficient (Wildman–Crippen LogP) is -0.478. The summed E-state index contributed by atoms with van der Waals surface area (Å²) < 4.78 is 0. The fourth-order valence-corrected chi connectivity index (χ4v) is 0.785. The fourth-order valence-electron chi connectivity index (χ4n) is 0.619. The molecule has 3 nitrogen and oxygen atoms in total. The van der Waals surface area contributed by atoms with Crippen molar-refractivity contribution >= 4 is 18.5 Å². The maximum atomic E-state index is 10.9. The van der Waals surface area contributed by atoms with Gasteiger partial charge in [0.1, 0.15) is 0 Å². The Kier molecular flexibility index (Phi) is 2.56. The molecule has 58 valence electrons. The van der Waals surface area contributed by atoms with Crippen LogP contribution in [-0.2, 0) is 4.79 Å². The summed E-state index contributed by atoms with van der Waals surface area (Å²) in [6.07, 6.45) is 2.20. The molecule has 0 saturated heterocycles. The predicted molar refractivity (Wildman–Crippen MR) is 43.0 cm³/mol. The SMILES string of the molecule is NC(CS)C(=O)NC1CC1. The highest BCUT2D eigenvalue weighted by Crippen LogP contribution is 2.18. The van der Waals surface area contributed by atoms with Gasteiger partial charge in [0, 0.05) is 11.8 Å². The highest BCUT2D eigenvalue weighted by Gasteiger charge is 2.24. The maximum Gasteiger partial charge on any atom is 0.237 e. The number of carbonyl (C=O) groups excluding carboxylic acids is 1. The number of thiol groups is 1. The third-order valence-electron chi connectivity index (χ3n) is 1.46. The van der Waals surface area contributed by atoms with Gasteiger partial charge < -0.3 is 11.1 Å². The van der Waals surface area contributed by atoms with Crippen molar-refractivity contribution in [1.29, 1.82) is 0 Å². The molecule has 0 aromatic rings. The van der Waals surface area contributed by atoms with Gasteiger partial charge in [-0.15, -0.1) is 0 Å². The van der Waals surface area contributed by atoms with Gasteiger partial charge in [-0.1, -0.05) is 0 Å². The summed E-state index contributed by atoms with van der Waals surface area (Å²) in [5.41, 5.74) is 5.40. The van der Waals surface area contributed by atoms with Crippen molar-refractivity contribution in [3.63, 3.8) is 0 Å². The van der Waals surface area contributed by atoms with Crippen LogP contribution in [0.3, 0.4) is 0 Å². The molecule has 1 fully saturated rings. The van der Waals surface area contributed by atoms with Crippen molar-refractivity contribution in [1.82, 2.24) is 5.32 Å². The van der Waals surface area contributed by atoms with Crippen LogP contribution in [0.1, 0.15) is 12.8 Å². The van der Waals surface area contributed by atoms with Crippen molar-refractivity contribution in [2.75, 3.05) is 5.75 Å². The molecule has 1 rings (SSSR count). The lowest BCUT2D eigenvalue weighted by atomic mass is 10.3. The van der Waals surface area contributed by atoms with Crippen molar-refractivity contribution in [3.05, 3.63) is 0 Å². The van der Waals surface area contributed by atoms with Crippen molar-refractivity contribution in [2.24, 2.45) is 5.73 Å². The van der Waals surface area contributed by atoms with Crippen LogP contribution in [-0.4, -0.2) is 23.7 Å². The molecule has 1 unspecified atom stereocenters. The van der Waals surface area contributed by atoms with E-state index in [1.807, 2.05) is 0 Å². The number of hydrogen-bond donors (Lipinski definition) is 3. The number of nitrogens with one attached hydrogen (secondary N) is 1. The van der Waals surface area contributed by atoms with E-state index in [2.05, 4.69) is 17.9 Å². The largest absolute Gasteiger partial charge is 0.352 e. The molecule has 0 spiro atoms. The third kappa shape index (κ3) is 2.19. The van der Waals surface area contributed by atoms with Crippen LogP contribution in [0, 0.1) is 0 Å². The molecule has 0 heterocycles. The van der Waals surface area contributed by atoms with E-state index in [4.69, 9.17) is 5.73 Å². The summed E-state index contributed by atoms with van der Waals surface area (Å²) in [5.74, 6) is 0.343. The average molecular weight is 160 g/mol. The second-order valence-electron chi connectivity index (χ2n) is 2.57. The molecule has 0 aliphatic heterocycles. The molecule has 0 bridgehead atoms. The van der Waals surface area contributed by atoms with Crippen LogP contribution < -0.4 is 11.1 Å². The van der Waals surface area contributed by atoms with Crippen LogP contribution in [0.4, 0.5) is 0 Å². The van der Waals surface area contributed by atoms with Crippen LogP contribution in [0.5, 0.6) is 0 Å². The number of nitrogens with two attached hydrogens (primary N) is 1. The summed E-state index contributed by atoms with van der Waals surface area (Å²) in [6.45, 7) is 0. The lowest BCUT2D eigenvalue weighted by Crippen LogP contribution is -2.42. The minimum absolute atomic E-state index is 0.0718. The van der Waals surface area contributed by atoms with Crippen LogP contribution >= 0.6 is 12.6 Å². The van der Waals surface area contributed by atoms with E-state index in [-0.39, 0.29) is 5.91 Å². The molecule has 1 aliphatic rings. The molecule has 1 aliphatic carbocycles. The third-order valence-corrected chi connectivity index (χ3v) is 1.85. The monoisotopic (exact) mass is 160 g/mol. The normalized spacial score (nSPS) is 20.2. The minimum atomic E-state index is -0.441. The molecule has 10 heavy (non-hydrogen) atoms. The molecule has 1 saturated carbocycles.